The van der Waals surface area contributed by atoms with Crippen LogP contribution >= 0.6 is 0 Å². The molecular weight excluding hydrogens is 346 g/mol. The minimum Gasteiger partial charge on any atom is -0.378 e. The molecule has 0 spiro atoms. The van der Waals surface area contributed by atoms with E-state index in [1.807, 2.05) is 43.0 Å². The van der Waals surface area contributed by atoms with Crippen molar-refractivity contribution in [3.63, 3.8) is 0 Å². The summed E-state index contributed by atoms with van der Waals surface area (Å²) >= 11 is 0. The highest BCUT2D eigenvalue weighted by Gasteiger charge is 2.23. The molecule has 7 heteroatoms. The van der Waals surface area contributed by atoms with Gasteiger partial charge in [0.2, 0.25) is 0 Å². The molecule has 1 heterocycles. The lowest BCUT2D eigenvalue weighted by Crippen LogP contribution is -2.38. The standard InChI is InChI=1S/C20H23N3O4/c1-14-5-3-4-6-17(14)15(2)21-20(24)18-13-16(23(25)26)7-8-19(18)22-9-11-27-12-10-22/h3-8,13,15H,9-12H2,1-2H3,(H,21,24). The Bertz CT molecular complexity index is 847. The number of hydrogen-bond donors (Lipinski definition) is 1. The molecule has 142 valence electrons. The first-order valence-electron chi connectivity index (χ1n) is 8.95. The van der Waals surface area contributed by atoms with E-state index in [1.54, 1.807) is 6.07 Å². The fraction of sp³-hybridized carbons (Fsp3) is 0.350. The number of non-ortho nitro benzene ring substituents is 1. The normalized spacial score (nSPS) is 15.3. The van der Waals surface area contributed by atoms with Gasteiger partial charge in [0.05, 0.1) is 35.4 Å². The van der Waals surface area contributed by atoms with Crippen molar-refractivity contribution >= 4 is 17.3 Å². The Labute approximate surface area is 158 Å². The van der Waals surface area contributed by atoms with Crippen molar-refractivity contribution in [1.29, 1.82) is 0 Å². The second kappa shape index (κ2) is 8.18. The number of nitrogens with one attached hydrogen (secondary N) is 1. The van der Waals surface area contributed by atoms with E-state index in [-0.39, 0.29) is 17.6 Å². The fourth-order valence-corrected chi connectivity index (χ4v) is 3.32. The van der Waals surface area contributed by atoms with Crippen LogP contribution in [0, 0.1) is 17.0 Å². The third-order valence-corrected chi connectivity index (χ3v) is 4.79. The lowest BCUT2D eigenvalue weighted by Gasteiger charge is -2.30. The van der Waals surface area contributed by atoms with Crippen LogP contribution in [0.25, 0.3) is 0 Å². The van der Waals surface area contributed by atoms with Gasteiger partial charge in [0.1, 0.15) is 0 Å². The zero-order chi connectivity index (χ0) is 19.4. The number of amides is 1. The van der Waals surface area contributed by atoms with E-state index < -0.39 is 4.92 Å². The molecule has 3 rings (SSSR count). The summed E-state index contributed by atoms with van der Waals surface area (Å²) in [5.41, 5.74) is 3.01. The molecule has 0 bridgehead atoms. The van der Waals surface area contributed by atoms with Crippen LogP contribution in [0.5, 0.6) is 0 Å². The van der Waals surface area contributed by atoms with Crippen LogP contribution in [0.4, 0.5) is 11.4 Å². The second-order valence-electron chi connectivity index (χ2n) is 6.61. The summed E-state index contributed by atoms with van der Waals surface area (Å²) < 4.78 is 5.37. The highest BCUT2D eigenvalue weighted by molar-refractivity contribution is 6.00. The average molecular weight is 369 g/mol. The van der Waals surface area contributed by atoms with E-state index >= 15 is 0 Å². The van der Waals surface area contributed by atoms with Gasteiger partial charge >= 0.3 is 0 Å². The Kier molecular flexibility index (Phi) is 5.71. The van der Waals surface area contributed by atoms with E-state index in [9.17, 15) is 14.9 Å². The number of aryl methyl sites for hydroxylation is 1. The number of benzene rings is 2. The maximum atomic E-state index is 13.0. The summed E-state index contributed by atoms with van der Waals surface area (Å²) in [5, 5.41) is 14.2. The molecule has 1 saturated heterocycles. The highest BCUT2D eigenvalue weighted by Crippen LogP contribution is 2.27. The molecule has 0 aromatic heterocycles. The zero-order valence-electron chi connectivity index (χ0n) is 15.5. The third kappa shape index (κ3) is 4.25. The van der Waals surface area contributed by atoms with Crippen LogP contribution in [0.1, 0.15) is 34.5 Å². The van der Waals surface area contributed by atoms with Gasteiger partial charge in [-0.25, -0.2) is 0 Å². The van der Waals surface area contributed by atoms with E-state index in [4.69, 9.17) is 4.74 Å². The quantitative estimate of drug-likeness (QED) is 0.646. The summed E-state index contributed by atoms with van der Waals surface area (Å²) in [6, 6.07) is 12.1. The highest BCUT2D eigenvalue weighted by atomic mass is 16.6. The molecule has 1 atom stereocenters. The number of nitrogens with zero attached hydrogens (tertiary/aromatic N) is 2. The number of nitro benzene ring substituents is 1. The maximum absolute atomic E-state index is 13.0. The van der Waals surface area contributed by atoms with Crippen molar-refractivity contribution in [3.8, 4) is 0 Å². The largest absolute Gasteiger partial charge is 0.378 e. The minimum atomic E-state index is -0.482. The number of nitro groups is 1. The smallest absolute Gasteiger partial charge is 0.270 e. The molecule has 7 nitrogen and oxygen atoms in total. The Morgan fingerprint density at radius 1 is 1.22 bits per heavy atom. The van der Waals surface area contributed by atoms with Crippen molar-refractivity contribution in [2.24, 2.45) is 0 Å². The van der Waals surface area contributed by atoms with Crippen molar-refractivity contribution < 1.29 is 14.5 Å². The van der Waals surface area contributed by atoms with E-state index in [1.165, 1.54) is 12.1 Å². The average Bonchev–Trinajstić information content (AvgIpc) is 2.68. The first-order valence-corrected chi connectivity index (χ1v) is 8.95. The number of ether oxygens (including phenoxy) is 1. The van der Waals surface area contributed by atoms with Crippen LogP contribution in [-0.2, 0) is 4.74 Å². The van der Waals surface area contributed by atoms with Gasteiger partial charge in [0.15, 0.2) is 0 Å². The number of carbonyl (C=O) groups is 1. The molecule has 1 unspecified atom stereocenters. The minimum absolute atomic E-state index is 0.0966. The van der Waals surface area contributed by atoms with Gasteiger partial charge in [-0.15, -0.1) is 0 Å². The van der Waals surface area contributed by atoms with Gasteiger partial charge in [-0.1, -0.05) is 24.3 Å². The number of anilines is 1. The Hall–Kier alpha value is -2.93. The molecule has 27 heavy (non-hydrogen) atoms. The Balaban J connectivity index is 1.90. The first kappa shape index (κ1) is 18.8. The zero-order valence-corrected chi connectivity index (χ0v) is 15.5. The van der Waals surface area contributed by atoms with Crippen LogP contribution in [-0.4, -0.2) is 37.1 Å². The topological polar surface area (TPSA) is 84.7 Å². The van der Waals surface area contributed by atoms with Crippen LogP contribution in [0.2, 0.25) is 0 Å². The Morgan fingerprint density at radius 2 is 1.93 bits per heavy atom. The molecule has 1 N–H and O–H groups in total. The van der Waals surface area contributed by atoms with Gasteiger partial charge in [0, 0.05) is 25.2 Å². The van der Waals surface area contributed by atoms with Crippen molar-refractivity contribution in [2.45, 2.75) is 19.9 Å². The molecule has 2 aromatic rings. The lowest BCUT2D eigenvalue weighted by molar-refractivity contribution is -0.384. The van der Waals surface area contributed by atoms with Crippen molar-refractivity contribution in [1.82, 2.24) is 5.32 Å². The third-order valence-electron chi connectivity index (χ3n) is 4.79. The van der Waals surface area contributed by atoms with Crippen molar-refractivity contribution in [3.05, 3.63) is 69.3 Å². The summed E-state index contributed by atoms with van der Waals surface area (Å²) in [7, 11) is 0. The molecule has 0 radical (unpaired) electrons. The molecule has 2 aromatic carbocycles. The molecule has 1 aliphatic rings. The molecule has 0 saturated carbocycles. The van der Waals surface area contributed by atoms with E-state index in [0.717, 1.165) is 11.1 Å². The molecule has 1 aliphatic heterocycles. The summed E-state index contributed by atoms with van der Waals surface area (Å²) in [6.07, 6.45) is 0. The van der Waals surface area contributed by atoms with Gasteiger partial charge in [-0.05, 0) is 31.0 Å². The molecular formula is C20H23N3O4. The van der Waals surface area contributed by atoms with Gasteiger partial charge < -0.3 is 15.0 Å². The van der Waals surface area contributed by atoms with Gasteiger partial charge in [-0.3, -0.25) is 14.9 Å². The van der Waals surface area contributed by atoms with Crippen LogP contribution in [0.15, 0.2) is 42.5 Å². The van der Waals surface area contributed by atoms with Crippen LogP contribution < -0.4 is 10.2 Å². The fourth-order valence-electron chi connectivity index (χ4n) is 3.32. The SMILES string of the molecule is Cc1ccccc1C(C)NC(=O)c1cc([N+](=O)[O-])ccc1N1CCOCC1. The molecule has 1 fully saturated rings. The number of hydrogen-bond acceptors (Lipinski definition) is 5. The number of rotatable bonds is 5. The summed E-state index contributed by atoms with van der Waals surface area (Å²) in [4.78, 5) is 25.7. The second-order valence-corrected chi connectivity index (χ2v) is 6.61. The monoisotopic (exact) mass is 369 g/mol. The first-order chi connectivity index (χ1) is 13.0. The molecule has 1 amide bonds. The number of carbonyl (C=O) groups excluding carboxylic acids is 1. The predicted molar refractivity (Wildman–Crippen MR) is 103 cm³/mol. The van der Waals surface area contributed by atoms with Crippen LogP contribution in [0.3, 0.4) is 0 Å². The number of morpholine rings is 1. The van der Waals surface area contributed by atoms with Gasteiger partial charge in [-0.2, -0.15) is 0 Å². The predicted octanol–water partition coefficient (Wildman–Crippen LogP) is 3.23. The van der Waals surface area contributed by atoms with Crippen molar-refractivity contribution in [2.75, 3.05) is 31.2 Å². The summed E-state index contributed by atoms with van der Waals surface area (Å²) in [5.74, 6) is -0.323. The lowest BCUT2D eigenvalue weighted by atomic mass is 10.0. The van der Waals surface area contributed by atoms with E-state index in [2.05, 4.69) is 5.32 Å². The molecule has 0 aliphatic carbocycles. The summed E-state index contributed by atoms with van der Waals surface area (Å²) in [6.45, 7) is 6.32. The Morgan fingerprint density at radius 3 is 2.59 bits per heavy atom. The van der Waals surface area contributed by atoms with E-state index in [0.29, 0.717) is 37.6 Å². The maximum Gasteiger partial charge on any atom is 0.270 e. The van der Waals surface area contributed by atoms with Gasteiger partial charge in [0.25, 0.3) is 11.6 Å².